The summed E-state index contributed by atoms with van der Waals surface area (Å²) >= 11 is 5.27. The molecule has 2 atom stereocenters. The van der Waals surface area contributed by atoms with Gasteiger partial charge in [-0.1, -0.05) is 19.8 Å². The van der Waals surface area contributed by atoms with E-state index in [9.17, 15) is 4.79 Å². The molecule has 1 aliphatic carbocycles. The van der Waals surface area contributed by atoms with E-state index in [2.05, 4.69) is 38.6 Å². The second-order valence-electron chi connectivity index (χ2n) is 6.22. The van der Waals surface area contributed by atoms with Crippen LogP contribution in [0.2, 0.25) is 0 Å². The number of thiocarbonyl (C=S) groups is 1. The van der Waals surface area contributed by atoms with Crippen LogP contribution in [0, 0.1) is 5.92 Å². The molecule has 1 amide bonds. The second kappa shape index (κ2) is 8.02. The van der Waals surface area contributed by atoms with Crippen LogP contribution in [0.3, 0.4) is 0 Å². The molecule has 3 rings (SSSR count). The predicted molar refractivity (Wildman–Crippen MR) is 96.9 cm³/mol. The minimum atomic E-state index is -0.260. The summed E-state index contributed by atoms with van der Waals surface area (Å²) in [5.41, 5.74) is 6.68. The molecule has 8 nitrogen and oxygen atoms in total. The van der Waals surface area contributed by atoms with Crippen LogP contribution in [-0.4, -0.2) is 37.3 Å². The van der Waals surface area contributed by atoms with Crippen LogP contribution in [0.15, 0.2) is 30.6 Å². The van der Waals surface area contributed by atoms with Crippen molar-refractivity contribution in [1.82, 2.24) is 36.4 Å². The van der Waals surface area contributed by atoms with E-state index >= 15 is 0 Å². The summed E-state index contributed by atoms with van der Waals surface area (Å²) < 4.78 is 1.52. The number of carbonyl (C=O) groups is 1. The molecule has 0 aliphatic heterocycles. The van der Waals surface area contributed by atoms with Gasteiger partial charge in [0.05, 0.1) is 5.69 Å². The first-order chi connectivity index (χ1) is 12.1. The maximum atomic E-state index is 12.2. The summed E-state index contributed by atoms with van der Waals surface area (Å²) in [6.45, 7) is 2.23. The Morgan fingerprint density at radius 1 is 1.20 bits per heavy atom. The van der Waals surface area contributed by atoms with Gasteiger partial charge in [0, 0.05) is 11.6 Å². The molecule has 9 heteroatoms. The first-order valence-corrected chi connectivity index (χ1v) is 8.74. The molecule has 132 valence electrons. The van der Waals surface area contributed by atoms with Gasteiger partial charge in [-0.3, -0.25) is 15.6 Å². The van der Waals surface area contributed by atoms with Crippen LogP contribution in [-0.2, 0) is 0 Å². The summed E-state index contributed by atoms with van der Waals surface area (Å²) in [6, 6.07) is 7.31. The Bertz CT molecular complexity index is 717. The van der Waals surface area contributed by atoms with Crippen LogP contribution in [0.1, 0.15) is 43.0 Å². The van der Waals surface area contributed by atoms with Crippen LogP contribution >= 0.6 is 12.2 Å². The van der Waals surface area contributed by atoms with Crippen molar-refractivity contribution < 1.29 is 4.79 Å². The molecule has 25 heavy (non-hydrogen) atoms. The lowest BCUT2D eigenvalue weighted by Gasteiger charge is -2.30. The van der Waals surface area contributed by atoms with E-state index in [1.807, 2.05) is 0 Å². The van der Waals surface area contributed by atoms with Gasteiger partial charge in [0.25, 0.3) is 5.91 Å². The largest absolute Gasteiger partial charge is 0.358 e. The number of hydrogen-bond donors (Lipinski definition) is 3. The Morgan fingerprint density at radius 2 is 1.96 bits per heavy atom. The summed E-state index contributed by atoms with van der Waals surface area (Å²) in [5.74, 6) is 0.326. The first-order valence-electron chi connectivity index (χ1n) is 8.34. The number of tetrazole rings is 1. The van der Waals surface area contributed by atoms with Crippen molar-refractivity contribution in [3.05, 3.63) is 36.2 Å². The fourth-order valence-corrected chi connectivity index (χ4v) is 3.17. The van der Waals surface area contributed by atoms with Crippen LogP contribution in [0.4, 0.5) is 0 Å². The highest BCUT2D eigenvalue weighted by Crippen LogP contribution is 2.23. The molecule has 0 spiro atoms. The molecule has 2 aromatic rings. The summed E-state index contributed by atoms with van der Waals surface area (Å²) in [4.78, 5) is 12.2. The Kier molecular flexibility index (Phi) is 5.54. The molecule has 1 saturated carbocycles. The van der Waals surface area contributed by atoms with Gasteiger partial charge in [0.15, 0.2) is 5.11 Å². The zero-order valence-corrected chi connectivity index (χ0v) is 14.8. The predicted octanol–water partition coefficient (Wildman–Crippen LogP) is 1.35. The SMILES string of the molecule is C[C@H]1CCCC[C@@H]1NC(=S)NNC(=O)c1ccc(-n2cnnn2)cc1. The van der Waals surface area contributed by atoms with Crippen molar-refractivity contribution in [3.8, 4) is 5.69 Å². The van der Waals surface area contributed by atoms with Crippen molar-refractivity contribution >= 4 is 23.2 Å². The van der Waals surface area contributed by atoms with Gasteiger partial charge in [0.2, 0.25) is 0 Å². The molecule has 0 unspecified atom stereocenters. The van der Waals surface area contributed by atoms with Crippen LogP contribution in [0.25, 0.3) is 5.69 Å². The van der Waals surface area contributed by atoms with E-state index in [1.54, 1.807) is 24.3 Å². The number of hydrazine groups is 1. The van der Waals surface area contributed by atoms with E-state index in [4.69, 9.17) is 12.2 Å². The minimum Gasteiger partial charge on any atom is -0.358 e. The molecule has 1 aromatic heterocycles. The minimum absolute atomic E-state index is 0.260. The lowest BCUT2D eigenvalue weighted by molar-refractivity contribution is 0.0943. The summed E-state index contributed by atoms with van der Waals surface area (Å²) in [5, 5.41) is 14.7. The van der Waals surface area contributed by atoms with Crippen molar-refractivity contribution in [1.29, 1.82) is 0 Å². The molecule has 1 aromatic carbocycles. The number of carbonyl (C=O) groups excluding carboxylic acids is 1. The van der Waals surface area contributed by atoms with Gasteiger partial charge in [-0.15, -0.1) is 5.10 Å². The highest BCUT2D eigenvalue weighted by Gasteiger charge is 2.21. The quantitative estimate of drug-likeness (QED) is 0.562. The maximum absolute atomic E-state index is 12.2. The van der Waals surface area contributed by atoms with Gasteiger partial charge >= 0.3 is 0 Å². The molecule has 1 fully saturated rings. The van der Waals surface area contributed by atoms with Gasteiger partial charge in [-0.25, -0.2) is 4.68 Å². The lowest BCUT2D eigenvalue weighted by atomic mass is 9.86. The van der Waals surface area contributed by atoms with E-state index < -0.39 is 0 Å². The van der Waals surface area contributed by atoms with Crippen molar-refractivity contribution in [2.75, 3.05) is 0 Å². The maximum Gasteiger partial charge on any atom is 0.269 e. The molecule has 0 bridgehead atoms. The lowest BCUT2D eigenvalue weighted by Crippen LogP contribution is -2.51. The van der Waals surface area contributed by atoms with Gasteiger partial charge in [-0.2, -0.15) is 0 Å². The Balaban J connectivity index is 1.49. The normalized spacial score (nSPS) is 19.9. The average molecular weight is 359 g/mol. The monoisotopic (exact) mass is 359 g/mol. The van der Waals surface area contributed by atoms with Gasteiger partial charge in [0.1, 0.15) is 6.33 Å². The number of aromatic nitrogens is 4. The smallest absolute Gasteiger partial charge is 0.269 e. The fourth-order valence-electron chi connectivity index (χ4n) is 2.97. The van der Waals surface area contributed by atoms with Crippen LogP contribution < -0.4 is 16.2 Å². The Morgan fingerprint density at radius 3 is 2.64 bits per heavy atom. The molecule has 0 radical (unpaired) electrons. The standard InChI is InChI=1S/C16H21N7OS/c1-11-4-2-3-5-14(11)18-16(25)20-19-15(24)12-6-8-13(9-7-12)23-10-17-21-22-23/h6-11,14H,2-5H2,1H3,(H,19,24)(H2,18,20,25)/t11-,14-/m0/s1. The molecular formula is C16H21N7OS. The number of hydrogen-bond acceptors (Lipinski definition) is 5. The summed E-state index contributed by atoms with van der Waals surface area (Å²) in [7, 11) is 0. The first kappa shape index (κ1) is 17.3. The van der Waals surface area contributed by atoms with E-state index in [-0.39, 0.29) is 5.91 Å². The van der Waals surface area contributed by atoms with Gasteiger partial charge in [-0.05, 0) is 65.7 Å². The van der Waals surface area contributed by atoms with E-state index in [0.29, 0.717) is 22.6 Å². The third kappa shape index (κ3) is 4.50. The highest BCUT2D eigenvalue weighted by atomic mass is 32.1. The summed E-state index contributed by atoms with van der Waals surface area (Å²) in [6.07, 6.45) is 6.30. The van der Waals surface area contributed by atoms with E-state index in [1.165, 1.54) is 30.3 Å². The average Bonchev–Trinajstić information content (AvgIpc) is 3.16. The van der Waals surface area contributed by atoms with Crippen molar-refractivity contribution in [2.24, 2.45) is 5.92 Å². The zero-order valence-electron chi connectivity index (χ0n) is 14.0. The van der Waals surface area contributed by atoms with Gasteiger partial charge < -0.3 is 5.32 Å². The third-order valence-electron chi connectivity index (χ3n) is 4.46. The molecule has 0 saturated heterocycles. The second-order valence-corrected chi connectivity index (χ2v) is 6.63. The topological polar surface area (TPSA) is 96.8 Å². The molecule has 1 aliphatic rings. The number of rotatable bonds is 3. The fraction of sp³-hybridized carbons (Fsp3) is 0.438. The van der Waals surface area contributed by atoms with Crippen LogP contribution in [0.5, 0.6) is 0 Å². The number of benzene rings is 1. The molecule has 3 N–H and O–H groups in total. The number of nitrogens with one attached hydrogen (secondary N) is 3. The molecule has 1 heterocycles. The van der Waals surface area contributed by atoms with Crippen molar-refractivity contribution in [3.63, 3.8) is 0 Å². The Hall–Kier alpha value is -2.55. The number of amides is 1. The van der Waals surface area contributed by atoms with Crippen molar-refractivity contribution in [2.45, 2.75) is 38.6 Å². The van der Waals surface area contributed by atoms with E-state index in [0.717, 1.165) is 12.1 Å². The zero-order chi connectivity index (χ0) is 17.6. The highest BCUT2D eigenvalue weighted by molar-refractivity contribution is 7.80. The number of nitrogens with zero attached hydrogens (tertiary/aromatic N) is 4. The molecular weight excluding hydrogens is 338 g/mol. The Labute approximate surface area is 151 Å². The third-order valence-corrected chi connectivity index (χ3v) is 4.68.